The predicted molar refractivity (Wildman–Crippen MR) is 123 cm³/mol. The summed E-state index contributed by atoms with van der Waals surface area (Å²) >= 11 is 0. The molecule has 36 heavy (non-hydrogen) atoms. The summed E-state index contributed by atoms with van der Waals surface area (Å²) in [5, 5.41) is 0. The first kappa shape index (κ1) is 23.8. The Bertz CT molecular complexity index is 1470. The Hall–Kier alpha value is -3.89. The third-order valence-corrected chi connectivity index (χ3v) is 6.46. The van der Waals surface area contributed by atoms with Crippen LogP contribution in [0.15, 0.2) is 59.5 Å². The molecule has 1 aliphatic heterocycles. The summed E-state index contributed by atoms with van der Waals surface area (Å²) in [5.74, 6) is -1.15. The lowest BCUT2D eigenvalue weighted by Crippen LogP contribution is -2.30. The van der Waals surface area contributed by atoms with Crippen LogP contribution in [0.4, 0.5) is 27.6 Å². The second-order valence-electron chi connectivity index (χ2n) is 8.54. The molecule has 0 bridgehead atoms. The molecule has 3 heterocycles. The van der Waals surface area contributed by atoms with Crippen molar-refractivity contribution < 1.29 is 26.7 Å². The van der Waals surface area contributed by atoms with Gasteiger partial charge >= 0.3 is 11.9 Å². The highest BCUT2D eigenvalue weighted by atomic mass is 19.4. The second-order valence-corrected chi connectivity index (χ2v) is 8.54. The fraction of sp³-hybridized carbons (Fsp3) is 0.280. The number of hydrogen-bond donors (Lipinski definition) is 0. The van der Waals surface area contributed by atoms with E-state index in [9.17, 15) is 26.7 Å². The van der Waals surface area contributed by atoms with Gasteiger partial charge < -0.3 is 9.64 Å². The molecule has 6 nitrogen and oxygen atoms in total. The summed E-state index contributed by atoms with van der Waals surface area (Å²) in [6.45, 7) is 0.0376. The molecule has 0 radical (unpaired) electrons. The van der Waals surface area contributed by atoms with Crippen LogP contribution in [0.2, 0.25) is 0 Å². The zero-order chi connectivity index (χ0) is 25.6. The summed E-state index contributed by atoms with van der Waals surface area (Å²) in [5.41, 5.74) is -1.22. The van der Waals surface area contributed by atoms with Gasteiger partial charge in [0.2, 0.25) is 0 Å². The number of para-hydroxylation sites is 1. The first-order valence-corrected chi connectivity index (χ1v) is 11.2. The molecule has 4 aromatic rings. The summed E-state index contributed by atoms with van der Waals surface area (Å²) < 4.78 is 77.6. The Morgan fingerprint density at radius 1 is 1.06 bits per heavy atom. The molecule has 2 aromatic carbocycles. The molecule has 0 spiro atoms. The van der Waals surface area contributed by atoms with E-state index in [1.165, 1.54) is 57.7 Å². The van der Waals surface area contributed by atoms with E-state index < -0.39 is 35.1 Å². The van der Waals surface area contributed by atoms with E-state index in [-0.39, 0.29) is 47.8 Å². The van der Waals surface area contributed by atoms with Crippen LogP contribution in [-0.4, -0.2) is 34.3 Å². The van der Waals surface area contributed by atoms with E-state index in [0.717, 1.165) is 18.2 Å². The zero-order valence-electron chi connectivity index (χ0n) is 19.1. The van der Waals surface area contributed by atoms with Gasteiger partial charge in [-0.05, 0) is 30.2 Å². The molecule has 0 N–H and O–H groups in total. The minimum atomic E-state index is -4.60. The molecule has 2 aromatic heterocycles. The van der Waals surface area contributed by atoms with Crippen LogP contribution in [0.3, 0.4) is 0 Å². The molecule has 0 aliphatic carbocycles. The molecule has 5 rings (SSSR count). The zero-order valence-corrected chi connectivity index (χ0v) is 19.1. The van der Waals surface area contributed by atoms with Gasteiger partial charge in [-0.3, -0.25) is 9.13 Å². The van der Waals surface area contributed by atoms with E-state index in [0.29, 0.717) is 6.42 Å². The Labute approximate surface area is 202 Å². The Kier molecular flexibility index (Phi) is 5.93. The van der Waals surface area contributed by atoms with Gasteiger partial charge in [0.1, 0.15) is 28.6 Å². The van der Waals surface area contributed by atoms with Crippen molar-refractivity contribution in [2.24, 2.45) is 0 Å². The number of halogens is 5. The highest BCUT2D eigenvalue weighted by molar-refractivity contribution is 5.79. The fourth-order valence-corrected chi connectivity index (χ4v) is 4.86. The van der Waals surface area contributed by atoms with E-state index >= 15 is 0 Å². The molecule has 1 saturated heterocycles. The Morgan fingerprint density at radius 2 is 1.78 bits per heavy atom. The number of methoxy groups -OCH3 is 1. The van der Waals surface area contributed by atoms with Crippen LogP contribution in [0, 0.1) is 11.6 Å². The van der Waals surface area contributed by atoms with E-state index in [1.54, 1.807) is 0 Å². The van der Waals surface area contributed by atoms with Crippen molar-refractivity contribution in [3.05, 3.63) is 88.0 Å². The number of pyridine rings is 1. The Balaban J connectivity index is 1.61. The van der Waals surface area contributed by atoms with Crippen molar-refractivity contribution in [3.8, 4) is 5.75 Å². The van der Waals surface area contributed by atoms with Crippen LogP contribution in [-0.2, 0) is 12.7 Å². The number of fused-ring (bicyclic) bond motifs is 1. The first-order chi connectivity index (χ1) is 17.2. The van der Waals surface area contributed by atoms with Gasteiger partial charge in [0, 0.05) is 25.4 Å². The molecular formula is C25H21F5N4O2. The molecule has 1 atom stereocenters. The number of aromatic nitrogens is 3. The average Bonchev–Trinajstić information content (AvgIpc) is 3.41. The predicted octanol–water partition coefficient (Wildman–Crippen LogP) is 5.00. The van der Waals surface area contributed by atoms with Crippen LogP contribution in [0.1, 0.15) is 23.6 Å². The minimum Gasteiger partial charge on any atom is -0.494 e. The van der Waals surface area contributed by atoms with Crippen LogP contribution in [0.25, 0.3) is 11.2 Å². The number of ether oxygens (including phenoxy) is 1. The monoisotopic (exact) mass is 504 g/mol. The van der Waals surface area contributed by atoms with Crippen molar-refractivity contribution in [2.75, 3.05) is 25.1 Å². The normalized spacial score (nSPS) is 16.2. The smallest absolute Gasteiger partial charge is 0.416 e. The molecule has 188 valence electrons. The molecule has 0 amide bonds. The number of rotatable bonds is 5. The van der Waals surface area contributed by atoms with Crippen molar-refractivity contribution in [1.29, 1.82) is 0 Å². The van der Waals surface area contributed by atoms with E-state index in [2.05, 4.69) is 4.98 Å². The number of imidazole rings is 1. The third-order valence-electron chi connectivity index (χ3n) is 6.46. The van der Waals surface area contributed by atoms with E-state index in [4.69, 9.17) is 4.74 Å². The molecule has 1 aliphatic rings. The average molecular weight is 504 g/mol. The van der Waals surface area contributed by atoms with Crippen LogP contribution < -0.4 is 15.3 Å². The maximum absolute atomic E-state index is 14.4. The second kappa shape index (κ2) is 8.96. The maximum atomic E-state index is 14.4. The third kappa shape index (κ3) is 3.98. The molecular weight excluding hydrogens is 483 g/mol. The lowest BCUT2D eigenvalue weighted by molar-refractivity contribution is -0.138. The maximum Gasteiger partial charge on any atom is 0.416 e. The number of anilines is 1. The molecule has 11 heteroatoms. The summed E-state index contributed by atoms with van der Waals surface area (Å²) in [6, 6.07) is 9.65. The van der Waals surface area contributed by atoms with Gasteiger partial charge in [0.05, 0.1) is 25.3 Å². The van der Waals surface area contributed by atoms with Crippen molar-refractivity contribution >= 4 is 16.9 Å². The van der Waals surface area contributed by atoms with Crippen LogP contribution >= 0.6 is 0 Å². The van der Waals surface area contributed by atoms with Gasteiger partial charge in [0.25, 0.3) is 0 Å². The van der Waals surface area contributed by atoms with Gasteiger partial charge in [-0.25, -0.2) is 18.6 Å². The van der Waals surface area contributed by atoms with Gasteiger partial charge in [-0.1, -0.05) is 24.3 Å². The van der Waals surface area contributed by atoms with Crippen molar-refractivity contribution in [2.45, 2.75) is 25.2 Å². The highest BCUT2D eigenvalue weighted by Crippen LogP contribution is 2.35. The number of alkyl halides is 3. The highest BCUT2D eigenvalue weighted by Gasteiger charge is 2.35. The summed E-state index contributed by atoms with van der Waals surface area (Å²) in [7, 11) is 1.39. The fourth-order valence-electron chi connectivity index (χ4n) is 4.86. The van der Waals surface area contributed by atoms with Crippen molar-refractivity contribution in [1.82, 2.24) is 14.1 Å². The molecule has 0 unspecified atom stereocenters. The quantitative estimate of drug-likeness (QED) is 0.359. The number of nitrogens with zero attached hydrogens (tertiary/aromatic N) is 4. The summed E-state index contributed by atoms with van der Waals surface area (Å²) in [6.07, 6.45) is -2.78. The van der Waals surface area contributed by atoms with Gasteiger partial charge in [0.15, 0.2) is 5.65 Å². The lowest BCUT2D eigenvalue weighted by Gasteiger charge is -2.20. The van der Waals surface area contributed by atoms with Crippen LogP contribution in [0.5, 0.6) is 5.75 Å². The number of hydrogen-bond acceptors (Lipinski definition) is 4. The molecule has 0 saturated carbocycles. The SMILES string of the molecule is COc1ccnc2c1n(Cc1ccccc1C(F)(F)F)c(=O)n2[C@@H]1CCN(c2c(F)cccc2F)C1. The van der Waals surface area contributed by atoms with Crippen molar-refractivity contribution in [3.63, 3.8) is 0 Å². The topological polar surface area (TPSA) is 52.3 Å². The lowest BCUT2D eigenvalue weighted by atomic mass is 10.1. The van der Waals surface area contributed by atoms with Gasteiger partial charge in [-0.15, -0.1) is 0 Å². The first-order valence-electron chi connectivity index (χ1n) is 11.2. The standard InChI is InChI=1S/C25H21F5N4O2/c1-36-20-9-11-31-23-22(20)33(13-15-5-2-3-6-17(15)25(28,29)30)24(35)34(23)16-10-12-32(14-16)21-18(26)7-4-8-19(21)27/h2-9,11,16H,10,12-14H2,1H3/t16-/m1/s1. The van der Waals surface area contributed by atoms with Gasteiger partial charge in [-0.2, -0.15) is 13.2 Å². The summed E-state index contributed by atoms with van der Waals surface area (Å²) in [4.78, 5) is 19.5. The van der Waals surface area contributed by atoms with E-state index in [1.807, 2.05) is 0 Å². The Morgan fingerprint density at radius 3 is 2.47 bits per heavy atom. The number of benzene rings is 2. The largest absolute Gasteiger partial charge is 0.494 e. The minimum absolute atomic E-state index is 0.0847. The molecule has 1 fully saturated rings.